The van der Waals surface area contributed by atoms with Gasteiger partial charge in [-0.1, -0.05) is 15.9 Å². The molecule has 0 radical (unpaired) electrons. The average Bonchev–Trinajstić information content (AvgIpc) is 2.95. The lowest BCUT2D eigenvalue weighted by atomic mass is 10.1. The van der Waals surface area contributed by atoms with Crippen LogP contribution in [0.15, 0.2) is 11.8 Å². The van der Waals surface area contributed by atoms with Crippen LogP contribution >= 0.6 is 15.9 Å². The molecule has 5 nitrogen and oxygen atoms in total. The minimum absolute atomic E-state index is 0.0826. The van der Waals surface area contributed by atoms with E-state index in [1.54, 1.807) is 0 Å². The van der Waals surface area contributed by atoms with Crippen LogP contribution in [0, 0.1) is 0 Å². The summed E-state index contributed by atoms with van der Waals surface area (Å²) in [6.45, 7) is 1.65. The monoisotopic (exact) mass is 303 g/mol. The molecule has 2 aliphatic heterocycles. The van der Waals surface area contributed by atoms with Crippen molar-refractivity contribution in [2.75, 3.05) is 25.5 Å². The van der Waals surface area contributed by atoms with Crippen molar-refractivity contribution in [3.63, 3.8) is 0 Å². The third-order valence-electron chi connectivity index (χ3n) is 3.06. The molecule has 0 amide bonds. The summed E-state index contributed by atoms with van der Waals surface area (Å²) in [5, 5.41) is 0.0826. The number of carbonyl (C=O) groups excluding carboxylic acids is 2. The van der Waals surface area contributed by atoms with Crippen LogP contribution in [0.1, 0.15) is 12.8 Å². The predicted molar refractivity (Wildman–Crippen MR) is 63.5 cm³/mol. The van der Waals surface area contributed by atoms with Crippen LogP contribution < -0.4 is 0 Å². The third kappa shape index (κ3) is 1.99. The third-order valence-corrected chi connectivity index (χ3v) is 3.57. The van der Waals surface area contributed by atoms with Gasteiger partial charge in [0.15, 0.2) is 0 Å². The average molecular weight is 304 g/mol. The summed E-state index contributed by atoms with van der Waals surface area (Å²) in [6, 6.07) is 0. The van der Waals surface area contributed by atoms with Gasteiger partial charge in [0.25, 0.3) is 0 Å². The molecule has 0 spiro atoms. The normalized spacial score (nSPS) is 28.2. The summed E-state index contributed by atoms with van der Waals surface area (Å²) in [5.41, 5.74) is 0.534. The Hall–Kier alpha value is -0.880. The first-order valence-electron chi connectivity index (χ1n) is 5.48. The number of nitrogens with zero attached hydrogens (tertiary/aromatic N) is 1. The molecule has 2 rings (SSSR count). The Morgan fingerprint density at radius 3 is 2.76 bits per heavy atom. The van der Waals surface area contributed by atoms with Gasteiger partial charge in [-0.3, -0.25) is 4.79 Å². The molecule has 0 saturated carbocycles. The van der Waals surface area contributed by atoms with Gasteiger partial charge in [0, 0.05) is 26.3 Å². The van der Waals surface area contributed by atoms with E-state index in [4.69, 9.17) is 9.47 Å². The highest BCUT2D eigenvalue weighted by Crippen LogP contribution is 2.34. The van der Waals surface area contributed by atoms with Crippen molar-refractivity contribution in [2.45, 2.75) is 18.6 Å². The van der Waals surface area contributed by atoms with Crippen molar-refractivity contribution in [2.24, 2.45) is 0 Å². The second-order valence-electron chi connectivity index (χ2n) is 4.02. The Morgan fingerprint density at radius 2 is 2.24 bits per heavy atom. The van der Waals surface area contributed by atoms with Crippen LogP contribution in [0.3, 0.4) is 0 Å². The summed E-state index contributed by atoms with van der Waals surface area (Å²) in [7, 11) is 1.38. The van der Waals surface area contributed by atoms with E-state index in [1.807, 2.05) is 4.90 Å². The van der Waals surface area contributed by atoms with E-state index < -0.39 is 11.8 Å². The number of cyclic esters (lactones) is 1. The zero-order valence-corrected chi connectivity index (χ0v) is 11.2. The molecule has 2 aliphatic rings. The van der Waals surface area contributed by atoms with Gasteiger partial charge in [0.05, 0.1) is 5.33 Å². The Kier molecular flexibility index (Phi) is 3.53. The van der Waals surface area contributed by atoms with Gasteiger partial charge in [-0.25, -0.2) is 4.79 Å². The van der Waals surface area contributed by atoms with Crippen LogP contribution in [0.4, 0.5) is 0 Å². The lowest BCUT2D eigenvalue weighted by molar-refractivity contribution is -0.199. The maximum Gasteiger partial charge on any atom is 0.335 e. The highest BCUT2D eigenvalue weighted by molar-refractivity contribution is 9.09. The SMILES string of the molecule is COC1(C(=O)CBr)OC(=O)C=C1N1CCCC1. The van der Waals surface area contributed by atoms with Crippen molar-refractivity contribution in [1.29, 1.82) is 0 Å². The van der Waals surface area contributed by atoms with Crippen LogP contribution in [-0.2, 0) is 19.1 Å². The van der Waals surface area contributed by atoms with Gasteiger partial charge in [0.1, 0.15) is 5.70 Å². The van der Waals surface area contributed by atoms with E-state index in [-0.39, 0.29) is 11.1 Å². The summed E-state index contributed by atoms with van der Waals surface area (Å²) in [6.07, 6.45) is 3.46. The number of ether oxygens (including phenoxy) is 2. The quantitative estimate of drug-likeness (QED) is 0.569. The summed E-state index contributed by atoms with van der Waals surface area (Å²) >= 11 is 3.09. The zero-order valence-electron chi connectivity index (χ0n) is 9.57. The molecule has 0 aromatic heterocycles. The summed E-state index contributed by atoms with van der Waals surface area (Å²) in [5.74, 6) is -2.38. The predicted octanol–water partition coefficient (Wildman–Crippen LogP) is 0.830. The Morgan fingerprint density at radius 1 is 1.59 bits per heavy atom. The van der Waals surface area contributed by atoms with Crippen LogP contribution in [0.2, 0.25) is 0 Å². The minimum atomic E-state index is -1.55. The number of ketones is 1. The number of hydrogen-bond acceptors (Lipinski definition) is 5. The number of rotatable bonds is 4. The molecule has 17 heavy (non-hydrogen) atoms. The molecule has 0 aliphatic carbocycles. The number of hydrogen-bond donors (Lipinski definition) is 0. The van der Waals surface area contributed by atoms with Gasteiger partial charge in [-0.05, 0) is 12.8 Å². The van der Waals surface area contributed by atoms with E-state index in [0.29, 0.717) is 5.70 Å². The number of halogens is 1. The van der Waals surface area contributed by atoms with Gasteiger partial charge in [-0.15, -0.1) is 0 Å². The maximum atomic E-state index is 12.0. The molecule has 1 fully saturated rings. The Labute approximate surface area is 108 Å². The molecular weight excluding hydrogens is 290 g/mol. The fourth-order valence-electron chi connectivity index (χ4n) is 2.24. The highest BCUT2D eigenvalue weighted by atomic mass is 79.9. The Balaban J connectivity index is 2.34. The highest BCUT2D eigenvalue weighted by Gasteiger charge is 2.52. The second kappa shape index (κ2) is 4.78. The minimum Gasteiger partial charge on any atom is -0.416 e. The van der Waals surface area contributed by atoms with Crippen molar-refractivity contribution in [3.8, 4) is 0 Å². The van der Waals surface area contributed by atoms with Crippen molar-refractivity contribution in [1.82, 2.24) is 4.90 Å². The first-order valence-corrected chi connectivity index (χ1v) is 6.60. The van der Waals surface area contributed by atoms with Crippen molar-refractivity contribution < 1.29 is 19.1 Å². The van der Waals surface area contributed by atoms with Crippen LogP contribution in [0.5, 0.6) is 0 Å². The lowest BCUT2D eigenvalue weighted by Gasteiger charge is -2.32. The fraction of sp³-hybridized carbons (Fsp3) is 0.636. The van der Waals surface area contributed by atoms with Gasteiger partial charge < -0.3 is 14.4 Å². The molecule has 0 aromatic rings. The van der Waals surface area contributed by atoms with Crippen molar-refractivity contribution >= 4 is 27.7 Å². The van der Waals surface area contributed by atoms with Gasteiger partial charge in [-0.2, -0.15) is 0 Å². The van der Waals surface area contributed by atoms with Gasteiger partial charge in [0.2, 0.25) is 5.78 Å². The van der Waals surface area contributed by atoms with E-state index in [1.165, 1.54) is 13.2 Å². The largest absolute Gasteiger partial charge is 0.416 e. The first kappa shape index (κ1) is 12.6. The fourth-order valence-corrected chi connectivity index (χ4v) is 2.60. The number of esters is 1. The summed E-state index contributed by atoms with van der Waals surface area (Å²) in [4.78, 5) is 25.4. The molecule has 6 heteroatoms. The molecule has 1 saturated heterocycles. The first-order chi connectivity index (χ1) is 8.14. The summed E-state index contributed by atoms with van der Waals surface area (Å²) < 4.78 is 10.3. The standard InChI is InChI=1S/C11H14BrNO4/c1-16-11(9(14)7-12)8(6-10(15)17-11)13-4-2-3-5-13/h6H,2-5,7H2,1H3. The Bertz CT molecular complexity index is 376. The molecule has 1 unspecified atom stereocenters. The molecule has 0 aromatic carbocycles. The van der Waals surface area contributed by atoms with E-state index in [9.17, 15) is 9.59 Å². The number of Topliss-reactive ketones (excluding diaryl/α,β-unsaturated/α-hetero) is 1. The number of methoxy groups -OCH3 is 1. The molecule has 0 N–H and O–H groups in total. The van der Waals surface area contributed by atoms with E-state index in [0.717, 1.165) is 25.9 Å². The molecular formula is C11H14BrNO4. The lowest BCUT2D eigenvalue weighted by Crippen LogP contribution is -2.48. The second-order valence-corrected chi connectivity index (χ2v) is 4.58. The van der Waals surface area contributed by atoms with Gasteiger partial charge >= 0.3 is 11.8 Å². The number of likely N-dealkylation sites (tertiary alicyclic amines) is 1. The number of carbonyl (C=O) groups is 2. The molecule has 0 bridgehead atoms. The molecule has 94 valence electrons. The molecule has 1 atom stereocenters. The number of alkyl halides is 1. The maximum absolute atomic E-state index is 12.0. The molecule has 2 heterocycles. The smallest absolute Gasteiger partial charge is 0.335 e. The van der Waals surface area contributed by atoms with E-state index >= 15 is 0 Å². The zero-order chi connectivity index (χ0) is 12.5. The topological polar surface area (TPSA) is 55.8 Å². The van der Waals surface area contributed by atoms with Crippen molar-refractivity contribution in [3.05, 3.63) is 11.8 Å². The van der Waals surface area contributed by atoms with E-state index in [2.05, 4.69) is 15.9 Å². The van der Waals surface area contributed by atoms with Crippen LogP contribution in [-0.4, -0.2) is 48.0 Å². The van der Waals surface area contributed by atoms with Crippen LogP contribution in [0.25, 0.3) is 0 Å².